The monoisotopic (exact) mass is 287 g/mol. The van der Waals surface area contributed by atoms with Crippen LogP contribution in [0.5, 0.6) is 11.5 Å². The molecule has 1 aromatic carbocycles. The van der Waals surface area contributed by atoms with Gasteiger partial charge in [-0.05, 0) is 18.2 Å². The number of nitrogens with one attached hydrogen (secondary N) is 1. The number of fused-ring (bicyclic) bond motifs is 1. The fourth-order valence-electron chi connectivity index (χ4n) is 2.73. The summed E-state index contributed by atoms with van der Waals surface area (Å²) in [6.45, 7) is 0. The largest absolute Gasteiger partial charge is 0.497 e. The lowest BCUT2D eigenvalue weighted by molar-refractivity contribution is -0.116. The third-order valence-corrected chi connectivity index (χ3v) is 3.80. The predicted octanol–water partition coefficient (Wildman–Crippen LogP) is 1.91. The number of anilines is 1. The molecule has 0 aliphatic carbocycles. The van der Waals surface area contributed by atoms with Gasteiger partial charge in [0, 0.05) is 30.5 Å². The van der Waals surface area contributed by atoms with E-state index in [1.165, 1.54) is 0 Å². The number of hydrogen-bond donors (Lipinski definition) is 1. The average molecular weight is 287 g/mol. The third-order valence-electron chi connectivity index (χ3n) is 3.80. The van der Waals surface area contributed by atoms with Gasteiger partial charge in [0.15, 0.2) is 0 Å². The van der Waals surface area contributed by atoms with Crippen LogP contribution in [0.15, 0.2) is 24.4 Å². The van der Waals surface area contributed by atoms with Gasteiger partial charge < -0.3 is 14.8 Å². The van der Waals surface area contributed by atoms with E-state index in [0.29, 0.717) is 6.42 Å². The number of carbonyl (C=O) groups excluding carboxylic acids is 1. The zero-order valence-electron chi connectivity index (χ0n) is 12.2. The molecule has 0 saturated carbocycles. The first kappa shape index (κ1) is 13.5. The van der Waals surface area contributed by atoms with Crippen LogP contribution >= 0.6 is 0 Å². The second kappa shape index (κ2) is 5.12. The van der Waals surface area contributed by atoms with E-state index in [9.17, 15) is 4.79 Å². The number of carbonyl (C=O) groups is 1. The van der Waals surface area contributed by atoms with E-state index < -0.39 is 0 Å². The number of methoxy groups -OCH3 is 2. The smallest absolute Gasteiger partial charge is 0.226 e. The number of aromatic nitrogens is 2. The van der Waals surface area contributed by atoms with Crippen LogP contribution < -0.4 is 14.8 Å². The first-order valence-corrected chi connectivity index (χ1v) is 6.67. The molecule has 0 spiro atoms. The molecule has 0 fully saturated rings. The molecule has 6 heteroatoms. The van der Waals surface area contributed by atoms with Gasteiger partial charge in [-0.3, -0.25) is 9.48 Å². The molecule has 2 aromatic rings. The summed E-state index contributed by atoms with van der Waals surface area (Å²) in [5.41, 5.74) is 1.92. The van der Waals surface area contributed by atoms with Gasteiger partial charge in [-0.25, -0.2) is 0 Å². The molecular formula is C15H17N3O3. The van der Waals surface area contributed by atoms with Crippen LogP contribution in [-0.4, -0.2) is 29.9 Å². The molecular weight excluding hydrogens is 270 g/mol. The van der Waals surface area contributed by atoms with Gasteiger partial charge in [-0.1, -0.05) is 0 Å². The van der Waals surface area contributed by atoms with Crippen LogP contribution in [0.4, 0.5) is 5.82 Å². The molecule has 0 unspecified atom stereocenters. The Kier molecular flexibility index (Phi) is 3.29. The van der Waals surface area contributed by atoms with Crippen molar-refractivity contribution < 1.29 is 14.3 Å². The van der Waals surface area contributed by atoms with Crippen molar-refractivity contribution in [2.45, 2.75) is 12.3 Å². The zero-order chi connectivity index (χ0) is 15.0. The minimum Gasteiger partial charge on any atom is -0.497 e. The molecule has 1 atom stereocenters. The highest BCUT2D eigenvalue weighted by atomic mass is 16.5. The van der Waals surface area contributed by atoms with E-state index in [2.05, 4.69) is 10.4 Å². The zero-order valence-corrected chi connectivity index (χ0v) is 12.2. The summed E-state index contributed by atoms with van der Waals surface area (Å²) in [6.07, 6.45) is 2.15. The van der Waals surface area contributed by atoms with Gasteiger partial charge in [0.05, 0.1) is 20.4 Å². The van der Waals surface area contributed by atoms with Crippen molar-refractivity contribution in [3.05, 3.63) is 35.5 Å². The molecule has 110 valence electrons. The Bertz CT molecular complexity index is 693. The van der Waals surface area contributed by atoms with Crippen molar-refractivity contribution in [1.82, 2.24) is 9.78 Å². The van der Waals surface area contributed by atoms with Gasteiger partial charge in [0.1, 0.15) is 17.3 Å². The minimum absolute atomic E-state index is 0.0269. The van der Waals surface area contributed by atoms with Crippen molar-refractivity contribution in [1.29, 1.82) is 0 Å². The topological polar surface area (TPSA) is 65.4 Å². The number of hydrogen-bond acceptors (Lipinski definition) is 4. The van der Waals surface area contributed by atoms with Crippen LogP contribution in [0.2, 0.25) is 0 Å². The number of amides is 1. The molecule has 3 rings (SSSR count). The van der Waals surface area contributed by atoms with E-state index in [0.717, 1.165) is 28.4 Å². The highest BCUT2D eigenvalue weighted by molar-refractivity contribution is 5.94. The molecule has 6 nitrogen and oxygen atoms in total. The normalized spacial score (nSPS) is 17.1. The molecule has 1 aromatic heterocycles. The summed E-state index contributed by atoms with van der Waals surface area (Å²) in [6, 6.07) is 5.62. The van der Waals surface area contributed by atoms with Crippen LogP contribution in [0.1, 0.15) is 23.5 Å². The second-order valence-corrected chi connectivity index (χ2v) is 4.98. The standard InChI is InChI=1S/C15H17N3O3/c1-18-15-12(8-16-18)10(7-14(19)17-15)11-6-9(20-2)4-5-13(11)21-3/h4-6,8,10H,7H2,1-3H3,(H,17,19)/t10-/m1/s1. The van der Waals surface area contributed by atoms with Crippen molar-refractivity contribution in [3.63, 3.8) is 0 Å². The Morgan fingerprint density at radius 3 is 2.81 bits per heavy atom. The Balaban J connectivity index is 2.14. The highest BCUT2D eigenvalue weighted by Crippen LogP contribution is 2.41. The van der Waals surface area contributed by atoms with Crippen molar-refractivity contribution in [2.75, 3.05) is 19.5 Å². The summed E-state index contributed by atoms with van der Waals surface area (Å²) in [5.74, 6) is 2.10. The van der Waals surface area contributed by atoms with Gasteiger partial charge in [-0.15, -0.1) is 0 Å². The highest BCUT2D eigenvalue weighted by Gasteiger charge is 2.31. The predicted molar refractivity (Wildman–Crippen MR) is 77.8 cm³/mol. The Morgan fingerprint density at radius 1 is 1.29 bits per heavy atom. The Morgan fingerprint density at radius 2 is 2.10 bits per heavy atom. The molecule has 21 heavy (non-hydrogen) atoms. The molecule has 2 heterocycles. The van der Waals surface area contributed by atoms with Gasteiger partial charge in [-0.2, -0.15) is 5.10 Å². The fraction of sp³-hybridized carbons (Fsp3) is 0.333. The summed E-state index contributed by atoms with van der Waals surface area (Å²) in [4.78, 5) is 12.0. The molecule has 1 aliphatic heterocycles. The molecule has 1 N–H and O–H groups in total. The summed E-state index contributed by atoms with van der Waals surface area (Å²) in [7, 11) is 5.05. The van der Waals surface area contributed by atoms with Crippen molar-refractivity contribution in [3.8, 4) is 11.5 Å². The first-order valence-electron chi connectivity index (χ1n) is 6.67. The van der Waals surface area contributed by atoms with E-state index in [4.69, 9.17) is 9.47 Å². The molecule has 1 aliphatic rings. The van der Waals surface area contributed by atoms with Gasteiger partial charge in [0.2, 0.25) is 5.91 Å². The molecule has 1 amide bonds. The van der Waals surface area contributed by atoms with Crippen LogP contribution in [0.25, 0.3) is 0 Å². The maximum absolute atomic E-state index is 12.0. The summed E-state index contributed by atoms with van der Waals surface area (Å²) in [5, 5.41) is 7.10. The first-order chi connectivity index (χ1) is 10.1. The Hall–Kier alpha value is -2.50. The van der Waals surface area contributed by atoms with Crippen LogP contribution in [-0.2, 0) is 11.8 Å². The Labute approximate surface area is 122 Å². The van der Waals surface area contributed by atoms with Crippen LogP contribution in [0, 0.1) is 0 Å². The SMILES string of the molecule is COc1ccc(OC)c([C@H]2CC(=O)Nc3c2cnn3C)c1. The number of rotatable bonds is 3. The van der Waals surface area contributed by atoms with E-state index in [1.807, 2.05) is 25.2 Å². The van der Waals surface area contributed by atoms with Crippen molar-refractivity contribution in [2.24, 2.45) is 7.05 Å². The van der Waals surface area contributed by atoms with Crippen molar-refractivity contribution >= 4 is 11.7 Å². The van der Waals surface area contributed by atoms with E-state index >= 15 is 0 Å². The van der Waals surface area contributed by atoms with E-state index in [1.54, 1.807) is 25.1 Å². The van der Waals surface area contributed by atoms with Gasteiger partial charge >= 0.3 is 0 Å². The quantitative estimate of drug-likeness (QED) is 0.936. The maximum atomic E-state index is 12.0. The lowest BCUT2D eigenvalue weighted by Crippen LogP contribution is -2.24. The maximum Gasteiger partial charge on any atom is 0.226 e. The lowest BCUT2D eigenvalue weighted by Gasteiger charge is -2.25. The molecule has 0 radical (unpaired) electrons. The second-order valence-electron chi connectivity index (χ2n) is 4.98. The summed E-state index contributed by atoms with van der Waals surface area (Å²) >= 11 is 0. The number of aryl methyl sites for hydroxylation is 1. The van der Waals surface area contributed by atoms with Gasteiger partial charge in [0.25, 0.3) is 0 Å². The number of nitrogens with zero attached hydrogens (tertiary/aromatic N) is 2. The van der Waals surface area contributed by atoms with Crippen LogP contribution in [0.3, 0.4) is 0 Å². The fourth-order valence-corrected chi connectivity index (χ4v) is 2.73. The molecule has 0 saturated heterocycles. The number of ether oxygens (including phenoxy) is 2. The third kappa shape index (κ3) is 2.22. The van der Waals surface area contributed by atoms with E-state index in [-0.39, 0.29) is 11.8 Å². The number of benzene rings is 1. The minimum atomic E-state index is -0.0903. The lowest BCUT2D eigenvalue weighted by atomic mass is 9.86. The average Bonchev–Trinajstić information content (AvgIpc) is 2.87. The molecule has 0 bridgehead atoms. The summed E-state index contributed by atoms with van der Waals surface area (Å²) < 4.78 is 12.4.